The number of nitrogens with zero attached hydrogens (tertiary/aromatic N) is 2. The van der Waals surface area contributed by atoms with E-state index in [0.29, 0.717) is 6.61 Å². The van der Waals surface area contributed by atoms with Gasteiger partial charge in [-0.3, -0.25) is 0 Å². The van der Waals surface area contributed by atoms with Crippen molar-refractivity contribution < 1.29 is 4.74 Å². The molecule has 0 atom stereocenters. The first-order chi connectivity index (χ1) is 8.22. The molecule has 17 heavy (non-hydrogen) atoms. The van der Waals surface area contributed by atoms with Crippen molar-refractivity contribution in [2.75, 3.05) is 19.0 Å². The minimum absolute atomic E-state index is 0.467. The molecule has 1 heterocycles. The maximum atomic E-state index is 5.11. The molecule has 96 valence electrons. The van der Waals surface area contributed by atoms with Gasteiger partial charge in [0.15, 0.2) is 5.82 Å². The van der Waals surface area contributed by atoms with Crippen LogP contribution in [0.3, 0.4) is 0 Å². The molecule has 0 saturated heterocycles. The average Bonchev–Trinajstić information content (AvgIpc) is 2.32. The van der Waals surface area contributed by atoms with E-state index in [9.17, 15) is 0 Å². The smallest absolute Gasteiger partial charge is 0.156 e. The summed E-state index contributed by atoms with van der Waals surface area (Å²) in [5, 5.41) is 3.35. The zero-order chi connectivity index (χ0) is 12.7. The van der Waals surface area contributed by atoms with Crippen molar-refractivity contribution in [2.45, 2.75) is 39.7 Å². The van der Waals surface area contributed by atoms with Gasteiger partial charge in [-0.1, -0.05) is 20.3 Å². The van der Waals surface area contributed by atoms with Crippen LogP contribution in [0.25, 0.3) is 0 Å². The van der Waals surface area contributed by atoms with Crippen molar-refractivity contribution >= 4 is 28.4 Å². The van der Waals surface area contributed by atoms with Crippen molar-refractivity contribution in [1.29, 1.82) is 0 Å². The fourth-order valence-corrected chi connectivity index (χ4v) is 2.20. The van der Waals surface area contributed by atoms with Gasteiger partial charge in [0.25, 0.3) is 0 Å². The fraction of sp³-hybridized carbons (Fsp3) is 0.667. The second-order valence-electron chi connectivity index (χ2n) is 3.86. The first-order valence-corrected chi connectivity index (χ1v) is 7.08. The highest BCUT2D eigenvalue weighted by atomic mass is 127. The first-order valence-electron chi connectivity index (χ1n) is 6.01. The van der Waals surface area contributed by atoms with E-state index in [1.165, 1.54) is 0 Å². The Morgan fingerprint density at radius 2 is 2.00 bits per heavy atom. The number of methoxy groups -OCH3 is 1. The van der Waals surface area contributed by atoms with Gasteiger partial charge in [0, 0.05) is 13.7 Å². The molecule has 0 fully saturated rings. The summed E-state index contributed by atoms with van der Waals surface area (Å²) in [6.45, 7) is 5.71. The van der Waals surface area contributed by atoms with Gasteiger partial charge in [0.1, 0.15) is 12.4 Å². The number of aryl methyl sites for hydroxylation is 1. The van der Waals surface area contributed by atoms with E-state index >= 15 is 0 Å². The number of halogens is 1. The Labute approximate surface area is 117 Å². The van der Waals surface area contributed by atoms with E-state index in [4.69, 9.17) is 4.74 Å². The predicted molar refractivity (Wildman–Crippen MR) is 78.2 cm³/mol. The largest absolute Gasteiger partial charge is 0.377 e. The number of aromatic nitrogens is 2. The zero-order valence-corrected chi connectivity index (χ0v) is 12.9. The van der Waals surface area contributed by atoms with Crippen LogP contribution >= 0.6 is 22.6 Å². The lowest BCUT2D eigenvalue weighted by atomic mass is 10.2. The molecule has 0 aliphatic heterocycles. The number of rotatable bonds is 7. The van der Waals surface area contributed by atoms with Crippen LogP contribution in [0.2, 0.25) is 0 Å². The lowest BCUT2D eigenvalue weighted by molar-refractivity contribution is 0.177. The molecule has 1 aromatic rings. The number of hydrogen-bond acceptors (Lipinski definition) is 4. The van der Waals surface area contributed by atoms with E-state index in [1.54, 1.807) is 7.11 Å². The summed E-state index contributed by atoms with van der Waals surface area (Å²) in [5.74, 6) is 1.70. The van der Waals surface area contributed by atoms with Gasteiger partial charge in [-0.05, 0) is 35.4 Å². The summed E-state index contributed by atoms with van der Waals surface area (Å²) >= 11 is 2.32. The van der Waals surface area contributed by atoms with Gasteiger partial charge in [-0.15, -0.1) is 0 Å². The highest BCUT2D eigenvalue weighted by Crippen LogP contribution is 2.20. The number of nitrogens with one attached hydrogen (secondary N) is 1. The van der Waals surface area contributed by atoms with Crippen LogP contribution in [-0.2, 0) is 17.8 Å². The second kappa shape index (κ2) is 7.81. The van der Waals surface area contributed by atoms with Crippen molar-refractivity contribution in [3.8, 4) is 0 Å². The van der Waals surface area contributed by atoms with Crippen LogP contribution in [0.15, 0.2) is 0 Å². The van der Waals surface area contributed by atoms with Gasteiger partial charge < -0.3 is 10.1 Å². The third kappa shape index (κ3) is 4.39. The molecule has 0 spiro atoms. The predicted octanol–water partition coefficient (Wildman–Crippen LogP) is 3.00. The van der Waals surface area contributed by atoms with Crippen LogP contribution < -0.4 is 5.32 Å². The summed E-state index contributed by atoms with van der Waals surface area (Å²) in [7, 11) is 1.67. The minimum Gasteiger partial charge on any atom is -0.377 e. The van der Waals surface area contributed by atoms with Crippen molar-refractivity contribution in [3.05, 3.63) is 15.1 Å². The summed E-state index contributed by atoms with van der Waals surface area (Å²) in [6.07, 6.45) is 3.16. The highest BCUT2D eigenvalue weighted by molar-refractivity contribution is 14.1. The molecular weight excluding hydrogens is 329 g/mol. The van der Waals surface area contributed by atoms with Crippen LogP contribution in [0.4, 0.5) is 5.82 Å². The van der Waals surface area contributed by atoms with Crippen molar-refractivity contribution in [2.24, 2.45) is 0 Å². The monoisotopic (exact) mass is 349 g/mol. The second-order valence-corrected chi connectivity index (χ2v) is 4.94. The van der Waals surface area contributed by atoms with Crippen molar-refractivity contribution in [3.63, 3.8) is 0 Å². The summed E-state index contributed by atoms with van der Waals surface area (Å²) in [4.78, 5) is 9.02. The van der Waals surface area contributed by atoms with E-state index in [2.05, 4.69) is 51.7 Å². The standard InChI is InChI=1S/C12H20IN3O/c1-4-6-9-11(13)12(14-7-5-2)16-10(15-9)8-17-3/h4-8H2,1-3H3,(H,14,15,16). The van der Waals surface area contributed by atoms with E-state index in [0.717, 1.165) is 46.7 Å². The van der Waals surface area contributed by atoms with Crippen LogP contribution in [-0.4, -0.2) is 23.6 Å². The van der Waals surface area contributed by atoms with Gasteiger partial charge in [-0.25, -0.2) is 9.97 Å². The Bertz CT molecular complexity index is 358. The summed E-state index contributed by atoms with van der Waals surface area (Å²) in [6, 6.07) is 0. The lowest BCUT2D eigenvalue weighted by Gasteiger charge is -2.12. The normalized spacial score (nSPS) is 10.6. The molecule has 0 aliphatic rings. The van der Waals surface area contributed by atoms with E-state index < -0.39 is 0 Å². The molecular formula is C12H20IN3O. The molecule has 0 saturated carbocycles. The third-order valence-electron chi connectivity index (χ3n) is 2.27. The molecule has 0 amide bonds. The quantitative estimate of drug-likeness (QED) is 0.769. The number of anilines is 1. The summed E-state index contributed by atoms with van der Waals surface area (Å²) < 4.78 is 6.24. The maximum absolute atomic E-state index is 5.11. The highest BCUT2D eigenvalue weighted by Gasteiger charge is 2.11. The Hall–Kier alpha value is -0.430. The van der Waals surface area contributed by atoms with Crippen LogP contribution in [0.1, 0.15) is 38.2 Å². The van der Waals surface area contributed by atoms with Crippen molar-refractivity contribution in [1.82, 2.24) is 9.97 Å². The Morgan fingerprint density at radius 3 is 2.59 bits per heavy atom. The molecule has 4 nitrogen and oxygen atoms in total. The van der Waals surface area contributed by atoms with Crippen LogP contribution in [0, 0.1) is 3.57 Å². The molecule has 1 rings (SSSR count). The van der Waals surface area contributed by atoms with E-state index in [1.807, 2.05) is 0 Å². The van der Waals surface area contributed by atoms with Gasteiger partial charge in [0.05, 0.1) is 9.26 Å². The molecule has 0 aliphatic carbocycles. The number of hydrogen-bond donors (Lipinski definition) is 1. The third-order valence-corrected chi connectivity index (χ3v) is 3.40. The Kier molecular flexibility index (Phi) is 6.72. The van der Waals surface area contributed by atoms with Gasteiger partial charge in [-0.2, -0.15) is 0 Å². The van der Waals surface area contributed by atoms with Crippen LogP contribution in [0.5, 0.6) is 0 Å². The fourth-order valence-electron chi connectivity index (χ4n) is 1.50. The Balaban J connectivity index is 2.99. The Morgan fingerprint density at radius 1 is 1.24 bits per heavy atom. The lowest BCUT2D eigenvalue weighted by Crippen LogP contribution is -2.11. The van der Waals surface area contributed by atoms with Gasteiger partial charge >= 0.3 is 0 Å². The zero-order valence-electron chi connectivity index (χ0n) is 10.7. The number of ether oxygens (including phenoxy) is 1. The minimum atomic E-state index is 0.467. The maximum Gasteiger partial charge on any atom is 0.156 e. The topological polar surface area (TPSA) is 47.0 Å². The molecule has 1 N–H and O–H groups in total. The molecule has 0 aromatic carbocycles. The molecule has 0 radical (unpaired) electrons. The SMILES string of the molecule is CCCNc1nc(COC)nc(CCC)c1I. The van der Waals surface area contributed by atoms with E-state index in [-0.39, 0.29) is 0 Å². The summed E-state index contributed by atoms with van der Waals surface area (Å²) in [5.41, 5.74) is 1.12. The van der Waals surface area contributed by atoms with Gasteiger partial charge in [0.2, 0.25) is 0 Å². The first kappa shape index (κ1) is 14.6. The molecule has 1 aromatic heterocycles. The molecule has 0 bridgehead atoms. The average molecular weight is 349 g/mol. The molecule has 5 heteroatoms. The molecule has 0 unspecified atom stereocenters.